The Hall–Kier alpha value is -1.42. The highest BCUT2D eigenvalue weighted by Crippen LogP contribution is 2.22. The largest absolute Gasteiger partial charge is 0.378 e. The topological polar surface area (TPSA) is 42.4 Å². The third-order valence-electron chi connectivity index (χ3n) is 3.35. The Morgan fingerprint density at radius 2 is 2.22 bits per heavy atom. The van der Waals surface area contributed by atoms with Crippen molar-refractivity contribution >= 4 is 12.1 Å². The number of hydrogen-bond donors (Lipinski definition) is 0. The van der Waals surface area contributed by atoms with Crippen molar-refractivity contribution in [1.82, 2.24) is 4.98 Å². The lowest BCUT2D eigenvalue weighted by molar-refractivity contribution is 0.0458. The van der Waals surface area contributed by atoms with E-state index in [0.29, 0.717) is 11.7 Å². The molecule has 1 saturated heterocycles. The van der Waals surface area contributed by atoms with Crippen molar-refractivity contribution in [3.05, 3.63) is 23.4 Å². The van der Waals surface area contributed by atoms with Gasteiger partial charge >= 0.3 is 0 Å². The normalized spacial score (nSPS) is 16.9. The van der Waals surface area contributed by atoms with Crippen LogP contribution in [-0.4, -0.2) is 37.1 Å². The summed E-state index contributed by atoms with van der Waals surface area (Å²) in [7, 11) is 0. The number of rotatable bonds is 4. The highest BCUT2D eigenvalue weighted by atomic mass is 16.5. The maximum atomic E-state index is 10.7. The van der Waals surface area contributed by atoms with Gasteiger partial charge in [-0.3, -0.25) is 4.79 Å². The Kier molecular flexibility index (Phi) is 4.31. The zero-order valence-electron chi connectivity index (χ0n) is 11.1. The fourth-order valence-electron chi connectivity index (χ4n) is 2.45. The van der Waals surface area contributed by atoms with Crippen molar-refractivity contribution in [2.45, 2.75) is 32.8 Å². The van der Waals surface area contributed by atoms with Gasteiger partial charge in [-0.25, -0.2) is 4.98 Å². The minimum atomic E-state index is 0.390. The number of anilines is 1. The summed E-state index contributed by atoms with van der Waals surface area (Å²) < 4.78 is 5.64. The molecule has 1 aliphatic heterocycles. The Morgan fingerprint density at radius 1 is 1.50 bits per heavy atom. The number of aromatic nitrogens is 1. The quantitative estimate of drug-likeness (QED) is 0.766. The van der Waals surface area contributed by atoms with Crippen LogP contribution >= 0.6 is 0 Å². The molecule has 0 atom stereocenters. The highest BCUT2D eigenvalue weighted by Gasteiger charge is 2.21. The van der Waals surface area contributed by atoms with Gasteiger partial charge in [0.2, 0.25) is 0 Å². The lowest BCUT2D eigenvalue weighted by Gasteiger charge is -2.33. The van der Waals surface area contributed by atoms with Gasteiger partial charge in [-0.15, -0.1) is 0 Å². The zero-order valence-corrected chi connectivity index (χ0v) is 11.1. The van der Waals surface area contributed by atoms with Crippen LogP contribution in [0.2, 0.25) is 0 Å². The first-order chi connectivity index (χ1) is 8.74. The van der Waals surface area contributed by atoms with Crippen molar-refractivity contribution < 1.29 is 9.53 Å². The standard InChI is InChI=1S/C14H20N2O2/c1-3-18-13-4-6-16(7-5-13)14-11(2)8-12(10-17)9-15-14/h8-10,13H,3-7H2,1-2H3. The van der Waals surface area contributed by atoms with Gasteiger partial charge in [0, 0.05) is 31.5 Å². The molecule has 4 nitrogen and oxygen atoms in total. The van der Waals surface area contributed by atoms with Gasteiger partial charge < -0.3 is 9.64 Å². The summed E-state index contributed by atoms with van der Waals surface area (Å²) >= 11 is 0. The molecule has 1 aromatic heterocycles. The van der Waals surface area contributed by atoms with E-state index in [4.69, 9.17) is 4.74 Å². The summed E-state index contributed by atoms with van der Waals surface area (Å²) in [6.07, 6.45) is 4.96. The van der Waals surface area contributed by atoms with Crippen LogP contribution in [0.5, 0.6) is 0 Å². The molecule has 0 unspecified atom stereocenters. The second-order valence-electron chi connectivity index (χ2n) is 4.67. The van der Waals surface area contributed by atoms with E-state index in [-0.39, 0.29) is 0 Å². The average molecular weight is 248 g/mol. The second kappa shape index (κ2) is 5.96. The van der Waals surface area contributed by atoms with E-state index in [1.54, 1.807) is 6.20 Å². The van der Waals surface area contributed by atoms with Gasteiger partial charge in [0.05, 0.1) is 6.10 Å². The molecule has 0 amide bonds. The summed E-state index contributed by atoms with van der Waals surface area (Å²) in [6.45, 7) is 6.77. The third kappa shape index (κ3) is 2.88. The van der Waals surface area contributed by atoms with E-state index >= 15 is 0 Å². The fraction of sp³-hybridized carbons (Fsp3) is 0.571. The minimum absolute atomic E-state index is 0.390. The molecule has 0 spiro atoms. The van der Waals surface area contributed by atoms with Crippen molar-refractivity contribution in [2.75, 3.05) is 24.6 Å². The van der Waals surface area contributed by atoms with Gasteiger partial charge in [0.25, 0.3) is 0 Å². The summed E-state index contributed by atoms with van der Waals surface area (Å²) in [4.78, 5) is 17.4. The molecule has 18 heavy (non-hydrogen) atoms. The third-order valence-corrected chi connectivity index (χ3v) is 3.35. The molecule has 1 aromatic rings. The number of ether oxygens (including phenoxy) is 1. The Bertz CT molecular complexity index is 412. The lowest BCUT2D eigenvalue weighted by atomic mass is 10.1. The number of nitrogens with zero attached hydrogens (tertiary/aromatic N) is 2. The van der Waals surface area contributed by atoms with Gasteiger partial charge in [0.1, 0.15) is 5.82 Å². The SMILES string of the molecule is CCOC1CCN(c2ncc(C=O)cc2C)CC1. The van der Waals surface area contributed by atoms with E-state index in [2.05, 4.69) is 9.88 Å². The summed E-state index contributed by atoms with van der Waals surface area (Å²) in [5, 5.41) is 0. The molecule has 0 aromatic carbocycles. The number of aryl methyl sites for hydroxylation is 1. The monoisotopic (exact) mass is 248 g/mol. The molecular formula is C14H20N2O2. The van der Waals surface area contributed by atoms with Crippen LogP contribution in [0, 0.1) is 6.92 Å². The van der Waals surface area contributed by atoms with Crippen LogP contribution in [0.3, 0.4) is 0 Å². The van der Waals surface area contributed by atoms with E-state index in [9.17, 15) is 4.79 Å². The van der Waals surface area contributed by atoms with Crippen LogP contribution in [0.25, 0.3) is 0 Å². The van der Waals surface area contributed by atoms with Crippen molar-refractivity contribution in [3.8, 4) is 0 Å². The predicted octanol–water partition coefficient (Wildman–Crippen LogP) is 2.21. The molecular weight excluding hydrogens is 228 g/mol. The first-order valence-electron chi connectivity index (χ1n) is 6.53. The van der Waals surface area contributed by atoms with Crippen molar-refractivity contribution in [3.63, 3.8) is 0 Å². The zero-order chi connectivity index (χ0) is 13.0. The van der Waals surface area contributed by atoms with Crippen molar-refractivity contribution in [1.29, 1.82) is 0 Å². The predicted molar refractivity (Wildman–Crippen MR) is 71.2 cm³/mol. The number of hydrogen-bond acceptors (Lipinski definition) is 4. The van der Waals surface area contributed by atoms with Gasteiger partial charge in [0.15, 0.2) is 6.29 Å². The number of aldehydes is 1. The summed E-state index contributed by atoms with van der Waals surface area (Å²) in [5.41, 5.74) is 1.70. The van der Waals surface area contributed by atoms with E-state index in [1.165, 1.54) is 0 Å². The van der Waals surface area contributed by atoms with E-state index in [0.717, 1.165) is 50.2 Å². The molecule has 0 saturated carbocycles. The molecule has 2 heterocycles. The molecule has 1 fully saturated rings. The average Bonchev–Trinajstić information content (AvgIpc) is 2.40. The van der Waals surface area contributed by atoms with Gasteiger partial charge in [-0.1, -0.05) is 0 Å². The lowest BCUT2D eigenvalue weighted by Crippen LogP contribution is -2.37. The fourth-order valence-corrected chi connectivity index (χ4v) is 2.45. The molecule has 2 rings (SSSR count). The molecule has 0 bridgehead atoms. The van der Waals surface area contributed by atoms with Crippen LogP contribution in [0.4, 0.5) is 5.82 Å². The van der Waals surface area contributed by atoms with Gasteiger partial charge in [-0.2, -0.15) is 0 Å². The van der Waals surface area contributed by atoms with Crippen LogP contribution in [-0.2, 0) is 4.74 Å². The molecule has 1 aliphatic rings. The Morgan fingerprint density at radius 3 is 2.78 bits per heavy atom. The van der Waals surface area contributed by atoms with Crippen LogP contribution in [0.1, 0.15) is 35.7 Å². The Balaban J connectivity index is 2.03. The Labute approximate surface area is 108 Å². The molecule has 0 N–H and O–H groups in total. The second-order valence-corrected chi connectivity index (χ2v) is 4.67. The minimum Gasteiger partial charge on any atom is -0.378 e. The first-order valence-corrected chi connectivity index (χ1v) is 6.53. The van der Waals surface area contributed by atoms with Crippen LogP contribution < -0.4 is 4.90 Å². The summed E-state index contributed by atoms with van der Waals surface area (Å²) in [6, 6.07) is 1.89. The number of carbonyl (C=O) groups excluding carboxylic acids is 1. The van der Waals surface area contributed by atoms with E-state index < -0.39 is 0 Å². The number of carbonyl (C=O) groups is 1. The molecule has 0 aliphatic carbocycles. The smallest absolute Gasteiger partial charge is 0.151 e. The van der Waals surface area contributed by atoms with Crippen molar-refractivity contribution in [2.24, 2.45) is 0 Å². The van der Waals surface area contributed by atoms with E-state index in [1.807, 2.05) is 19.9 Å². The highest BCUT2D eigenvalue weighted by molar-refractivity contribution is 5.75. The maximum Gasteiger partial charge on any atom is 0.151 e. The summed E-state index contributed by atoms with van der Waals surface area (Å²) in [5.74, 6) is 0.996. The number of piperidine rings is 1. The first kappa shape index (κ1) is 13.0. The molecule has 0 radical (unpaired) electrons. The number of pyridine rings is 1. The van der Waals surface area contributed by atoms with Gasteiger partial charge in [-0.05, 0) is 38.3 Å². The molecule has 98 valence electrons. The van der Waals surface area contributed by atoms with Crippen LogP contribution in [0.15, 0.2) is 12.3 Å². The molecule has 4 heteroatoms. The maximum absolute atomic E-state index is 10.7.